The lowest BCUT2D eigenvalue weighted by molar-refractivity contribution is 0.304. The Morgan fingerprint density at radius 1 is 1.35 bits per heavy atom. The second-order valence-corrected chi connectivity index (χ2v) is 4.60. The van der Waals surface area contributed by atoms with Gasteiger partial charge in [0.1, 0.15) is 12.4 Å². The number of rotatable bonds is 5. The van der Waals surface area contributed by atoms with Crippen molar-refractivity contribution in [2.45, 2.75) is 20.0 Å². The van der Waals surface area contributed by atoms with Crippen LogP contribution in [-0.4, -0.2) is 17.2 Å². The number of nitrogens with zero attached hydrogens (tertiary/aromatic N) is 2. The summed E-state index contributed by atoms with van der Waals surface area (Å²) in [6.45, 7) is 2.59. The molecule has 17 heavy (non-hydrogen) atoms. The quantitative estimate of drug-likeness (QED) is 0.885. The molecule has 2 aromatic rings. The van der Waals surface area contributed by atoms with E-state index in [0.29, 0.717) is 6.61 Å². The summed E-state index contributed by atoms with van der Waals surface area (Å²) in [5.41, 5.74) is 1.27. The lowest BCUT2D eigenvalue weighted by Crippen LogP contribution is -1.95. The van der Waals surface area contributed by atoms with E-state index in [1.54, 1.807) is 0 Å². The first-order chi connectivity index (χ1) is 8.31. The Morgan fingerprint density at radius 3 is 2.94 bits per heavy atom. The molecular weight excluding hydrogens is 234 g/mol. The lowest BCUT2D eigenvalue weighted by Gasteiger charge is -2.04. The molecule has 0 saturated carbocycles. The van der Waals surface area contributed by atoms with Crippen LogP contribution in [0.25, 0.3) is 0 Å². The van der Waals surface area contributed by atoms with E-state index in [-0.39, 0.29) is 0 Å². The molecule has 4 nitrogen and oxygen atoms in total. The highest BCUT2D eigenvalue weighted by molar-refractivity contribution is 7.15. The number of aromatic nitrogens is 2. The second-order valence-electron chi connectivity index (χ2n) is 3.54. The SMILES string of the molecule is CCc1cccc(OCc2nnc(NC)s2)c1. The summed E-state index contributed by atoms with van der Waals surface area (Å²) in [4.78, 5) is 0. The zero-order chi connectivity index (χ0) is 12.1. The van der Waals surface area contributed by atoms with Crippen LogP contribution in [0.4, 0.5) is 5.13 Å². The third-order valence-corrected chi connectivity index (χ3v) is 3.26. The van der Waals surface area contributed by atoms with Crippen LogP contribution >= 0.6 is 11.3 Å². The summed E-state index contributed by atoms with van der Waals surface area (Å²) in [5.74, 6) is 0.880. The molecule has 0 spiro atoms. The predicted molar refractivity (Wildman–Crippen MR) is 69.6 cm³/mol. The van der Waals surface area contributed by atoms with Crippen molar-refractivity contribution < 1.29 is 4.74 Å². The number of benzene rings is 1. The molecule has 5 heteroatoms. The maximum Gasteiger partial charge on any atom is 0.205 e. The van der Waals surface area contributed by atoms with Crippen molar-refractivity contribution in [2.24, 2.45) is 0 Å². The fourth-order valence-corrected chi connectivity index (χ4v) is 2.02. The Kier molecular flexibility index (Phi) is 3.93. The van der Waals surface area contributed by atoms with E-state index in [0.717, 1.165) is 22.3 Å². The van der Waals surface area contributed by atoms with Crippen LogP contribution in [0.5, 0.6) is 5.75 Å². The molecule has 1 heterocycles. The maximum absolute atomic E-state index is 5.67. The van der Waals surface area contributed by atoms with E-state index in [4.69, 9.17) is 4.74 Å². The molecule has 1 aromatic heterocycles. The molecule has 2 rings (SSSR count). The molecule has 1 N–H and O–H groups in total. The van der Waals surface area contributed by atoms with Crippen molar-refractivity contribution in [3.63, 3.8) is 0 Å². The second kappa shape index (κ2) is 5.63. The van der Waals surface area contributed by atoms with Crippen LogP contribution in [0.1, 0.15) is 17.5 Å². The van der Waals surface area contributed by atoms with Crippen molar-refractivity contribution >= 4 is 16.5 Å². The van der Waals surface area contributed by atoms with Gasteiger partial charge >= 0.3 is 0 Å². The van der Waals surface area contributed by atoms with Crippen molar-refractivity contribution in [1.82, 2.24) is 10.2 Å². The number of anilines is 1. The number of nitrogens with one attached hydrogen (secondary N) is 1. The van der Waals surface area contributed by atoms with E-state index in [1.807, 2.05) is 19.2 Å². The standard InChI is InChI=1S/C12H15N3OS/c1-3-9-5-4-6-10(7-9)16-8-11-14-15-12(13-2)17-11/h4-7H,3,8H2,1-2H3,(H,13,15). The van der Waals surface area contributed by atoms with Gasteiger partial charge < -0.3 is 10.1 Å². The molecule has 1 aromatic carbocycles. The van der Waals surface area contributed by atoms with Crippen LogP contribution in [0.3, 0.4) is 0 Å². The first kappa shape index (κ1) is 11.9. The van der Waals surface area contributed by atoms with Crippen LogP contribution in [-0.2, 0) is 13.0 Å². The summed E-state index contributed by atoms with van der Waals surface area (Å²) in [6.07, 6.45) is 1.01. The van der Waals surface area contributed by atoms with Crippen LogP contribution in [0, 0.1) is 0 Å². The average Bonchev–Trinajstić information content (AvgIpc) is 2.84. The van der Waals surface area contributed by atoms with Gasteiger partial charge in [0.25, 0.3) is 0 Å². The predicted octanol–water partition coefficient (Wildman–Crippen LogP) is 2.72. The molecule has 0 aliphatic rings. The molecule has 0 aliphatic heterocycles. The summed E-state index contributed by atoms with van der Waals surface area (Å²) in [5, 5.41) is 12.6. The van der Waals surface area contributed by atoms with Gasteiger partial charge in [-0.3, -0.25) is 0 Å². The fraction of sp³-hybridized carbons (Fsp3) is 0.333. The first-order valence-electron chi connectivity index (χ1n) is 5.53. The van der Waals surface area contributed by atoms with Gasteiger partial charge in [0.2, 0.25) is 5.13 Å². The molecule has 0 bridgehead atoms. The molecule has 0 amide bonds. The summed E-state index contributed by atoms with van der Waals surface area (Å²) in [6, 6.07) is 8.11. The van der Waals surface area contributed by atoms with E-state index in [1.165, 1.54) is 16.9 Å². The van der Waals surface area contributed by atoms with Gasteiger partial charge in [0.05, 0.1) is 0 Å². The van der Waals surface area contributed by atoms with Gasteiger partial charge in [-0.2, -0.15) is 0 Å². The zero-order valence-electron chi connectivity index (χ0n) is 9.93. The van der Waals surface area contributed by atoms with Gasteiger partial charge in [-0.1, -0.05) is 30.4 Å². The molecule has 0 radical (unpaired) electrons. The van der Waals surface area contributed by atoms with Gasteiger partial charge in [0, 0.05) is 7.05 Å². The maximum atomic E-state index is 5.67. The largest absolute Gasteiger partial charge is 0.486 e. The normalized spacial score (nSPS) is 10.2. The van der Waals surface area contributed by atoms with Crippen molar-refractivity contribution in [3.05, 3.63) is 34.8 Å². The highest BCUT2D eigenvalue weighted by Gasteiger charge is 2.03. The van der Waals surface area contributed by atoms with Gasteiger partial charge in [0.15, 0.2) is 5.01 Å². The van der Waals surface area contributed by atoms with Gasteiger partial charge in [-0.05, 0) is 24.1 Å². The third-order valence-electron chi connectivity index (χ3n) is 2.35. The van der Waals surface area contributed by atoms with Crippen LogP contribution in [0.2, 0.25) is 0 Å². The third kappa shape index (κ3) is 3.17. The van der Waals surface area contributed by atoms with Crippen LogP contribution < -0.4 is 10.1 Å². The molecule has 0 saturated heterocycles. The summed E-state index contributed by atoms with van der Waals surface area (Å²) < 4.78 is 5.67. The Morgan fingerprint density at radius 2 is 2.24 bits per heavy atom. The van der Waals surface area contributed by atoms with Gasteiger partial charge in [-0.25, -0.2) is 0 Å². The minimum Gasteiger partial charge on any atom is -0.486 e. The van der Waals surface area contributed by atoms with E-state index < -0.39 is 0 Å². The van der Waals surface area contributed by atoms with Gasteiger partial charge in [-0.15, -0.1) is 10.2 Å². The van der Waals surface area contributed by atoms with Crippen LogP contribution in [0.15, 0.2) is 24.3 Å². The monoisotopic (exact) mass is 249 g/mol. The Hall–Kier alpha value is -1.62. The van der Waals surface area contributed by atoms with Crippen molar-refractivity contribution in [2.75, 3.05) is 12.4 Å². The molecule has 0 aliphatic carbocycles. The Bertz CT molecular complexity index is 484. The fourth-order valence-electron chi connectivity index (χ4n) is 1.41. The lowest BCUT2D eigenvalue weighted by atomic mass is 10.2. The summed E-state index contributed by atoms with van der Waals surface area (Å²) >= 11 is 1.50. The van der Waals surface area contributed by atoms with Crippen molar-refractivity contribution in [1.29, 1.82) is 0 Å². The molecule has 0 fully saturated rings. The van der Waals surface area contributed by atoms with E-state index in [9.17, 15) is 0 Å². The Labute approximate surface area is 105 Å². The highest BCUT2D eigenvalue weighted by atomic mass is 32.1. The number of aryl methyl sites for hydroxylation is 1. The minimum atomic E-state index is 0.465. The Balaban J connectivity index is 1.96. The highest BCUT2D eigenvalue weighted by Crippen LogP contribution is 2.18. The first-order valence-corrected chi connectivity index (χ1v) is 6.35. The molecule has 0 atom stereocenters. The number of hydrogen-bond donors (Lipinski definition) is 1. The topological polar surface area (TPSA) is 47.0 Å². The number of ether oxygens (including phenoxy) is 1. The zero-order valence-corrected chi connectivity index (χ0v) is 10.8. The van der Waals surface area contributed by atoms with E-state index in [2.05, 4.69) is 34.6 Å². The average molecular weight is 249 g/mol. The molecule has 0 unspecified atom stereocenters. The smallest absolute Gasteiger partial charge is 0.205 e. The summed E-state index contributed by atoms with van der Waals surface area (Å²) in [7, 11) is 1.83. The molecule has 90 valence electrons. The number of hydrogen-bond acceptors (Lipinski definition) is 5. The molecular formula is C12H15N3OS. The van der Waals surface area contributed by atoms with Crippen molar-refractivity contribution in [3.8, 4) is 5.75 Å². The van der Waals surface area contributed by atoms with E-state index >= 15 is 0 Å². The minimum absolute atomic E-state index is 0.465.